The van der Waals surface area contributed by atoms with Crippen molar-refractivity contribution >= 4 is 19.8 Å². The standard InChI is InChI=1S/C80H140NO8P/c1-6-8-10-12-14-16-18-20-22-24-26-28-30-32-34-36-38-39-40-41-43-45-47-49-51-53-55-57-59-61-63-65-67-69-71-73-80(83)89-78(77-88-90(84,85)87-75-74-81(3,4)5)76-86-79(82)72-70-68-66-64-62-60-58-56-54-52-50-48-46-44-42-37-35-33-31-29-27-25-23-21-19-17-15-13-11-9-7-2/h8,10,14,16,19-22,25-28,31-34,38-39,41,43,78H,6-7,9,11-13,15,17-18,23-24,29-30,35-37,40,42,44-77H2,1-5H3/p+1/b10-8-,16-14-,21-19-,22-20-,27-25-,28-26-,33-31-,34-32-,39-38-,43-41-. The Kier molecular flexibility index (Phi) is 67.0. The minimum atomic E-state index is -4.40. The highest BCUT2D eigenvalue weighted by Crippen LogP contribution is 2.43. The van der Waals surface area contributed by atoms with Crippen LogP contribution in [-0.4, -0.2) is 74.9 Å². The maximum atomic E-state index is 12.9. The van der Waals surface area contributed by atoms with Crippen molar-refractivity contribution in [3.8, 4) is 0 Å². The zero-order valence-electron chi connectivity index (χ0n) is 59.1. The van der Waals surface area contributed by atoms with Gasteiger partial charge in [-0.1, -0.05) is 322 Å². The molecule has 2 unspecified atom stereocenters. The van der Waals surface area contributed by atoms with Crippen molar-refractivity contribution in [2.24, 2.45) is 0 Å². The van der Waals surface area contributed by atoms with Crippen LogP contribution in [0.3, 0.4) is 0 Å². The molecule has 10 heteroatoms. The molecule has 0 aliphatic carbocycles. The van der Waals surface area contributed by atoms with E-state index in [0.717, 1.165) is 96.3 Å². The van der Waals surface area contributed by atoms with Gasteiger partial charge in [-0.25, -0.2) is 4.57 Å². The van der Waals surface area contributed by atoms with Gasteiger partial charge in [0.05, 0.1) is 27.7 Å². The minimum Gasteiger partial charge on any atom is -0.462 e. The minimum absolute atomic E-state index is 0.0279. The lowest BCUT2D eigenvalue weighted by Gasteiger charge is -2.24. The second-order valence-corrected chi connectivity index (χ2v) is 27.4. The first kappa shape index (κ1) is 86.4. The predicted molar refractivity (Wildman–Crippen MR) is 390 cm³/mol. The van der Waals surface area contributed by atoms with Crippen molar-refractivity contribution in [1.29, 1.82) is 0 Å². The van der Waals surface area contributed by atoms with Gasteiger partial charge >= 0.3 is 19.8 Å². The molecular formula is C80H141NO8P+. The van der Waals surface area contributed by atoms with Crippen LogP contribution >= 0.6 is 7.82 Å². The van der Waals surface area contributed by atoms with Crippen LogP contribution in [0, 0.1) is 0 Å². The fourth-order valence-electron chi connectivity index (χ4n) is 10.3. The van der Waals surface area contributed by atoms with E-state index in [9.17, 15) is 19.0 Å². The first-order valence-corrected chi connectivity index (χ1v) is 38.8. The molecule has 0 saturated heterocycles. The highest BCUT2D eigenvalue weighted by molar-refractivity contribution is 7.47. The molecule has 0 aromatic heterocycles. The van der Waals surface area contributed by atoms with Crippen molar-refractivity contribution in [2.45, 2.75) is 328 Å². The maximum absolute atomic E-state index is 12.9. The highest BCUT2D eigenvalue weighted by Gasteiger charge is 2.27. The molecule has 0 spiro atoms. The van der Waals surface area contributed by atoms with E-state index >= 15 is 0 Å². The Labute approximate surface area is 556 Å². The predicted octanol–water partition coefficient (Wildman–Crippen LogP) is 24.6. The first-order chi connectivity index (χ1) is 44.0. The van der Waals surface area contributed by atoms with Gasteiger partial charge in [0.2, 0.25) is 0 Å². The molecule has 0 aromatic rings. The van der Waals surface area contributed by atoms with Crippen molar-refractivity contribution in [3.63, 3.8) is 0 Å². The highest BCUT2D eigenvalue weighted by atomic mass is 31.2. The number of ether oxygens (including phenoxy) is 2. The van der Waals surface area contributed by atoms with Gasteiger partial charge in [0.1, 0.15) is 19.8 Å². The molecule has 0 aromatic carbocycles. The van der Waals surface area contributed by atoms with Crippen molar-refractivity contribution in [1.82, 2.24) is 0 Å². The van der Waals surface area contributed by atoms with E-state index in [1.165, 1.54) is 193 Å². The van der Waals surface area contributed by atoms with E-state index in [4.69, 9.17) is 18.5 Å². The Morgan fingerprint density at radius 1 is 0.356 bits per heavy atom. The van der Waals surface area contributed by atoms with Gasteiger partial charge in [0.15, 0.2) is 6.10 Å². The number of nitrogens with zero attached hydrogens (tertiary/aromatic N) is 1. The molecule has 0 bridgehead atoms. The lowest BCUT2D eigenvalue weighted by atomic mass is 10.0. The monoisotopic (exact) mass is 1280 g/mol. The number of carbonyl (C=O) groups excluding carboxylic acids is 2. The van der Waals surface area contributed by atoms with E-state index in [1.807, 2.05) is 21.1 Å². The molecule has 0 aliphatic heterocycles. The third-order valence-corrected chi connectivity index (χ3v) is 17.0. The van der Waals surface area contributed by atoms with Gasteiger partial charge in [0, 0.05) is 12.8 Å². The lowest BCUT2D eigenvalue weighted by Crippen LogP contribution is -2.37. The van der Waals surface area contributed by atoms with Gasteiger partial charge in [0.25, 0.3) is 0 Å². The van der Waals surface area contributed by atoms with Crippen molar-refractivity contribution < 1.29 is 42.1 Å². The number of hydrogen-bond acceptors (Lipinski definition) is 7. The summed E-state index contributed by atoms with van der Waals surface area (Å²) in [5.74, 6) is -0.793. The second kappa shape index (κ2) is 69.7. The second-order valence-electron chi connectivity index (χ2n) is 25.9. The molecule has 0 aliphatic rings. The Hall–Kier alpha value is -3.59. The molecule has 0 amide bonds. The smallest absolute Gasteiger partial charge is 0.462 e. The van der Waals surface area contributed by atoms with E-state index < -0.39 is 26.5 Å². The van der Waals surface area contributed by atoms with Gasteiger partial charge in [-0.2, -0.15) is 0 Å². The Morgan fingerprint density at radius 3 is 0.944 bits per heavy atom. The Bertz CT molecular complexity index is 1940. The summed E-state index contributed by atoms with van der Waals surface area (Å²) in [7, 11) is 1.48. The van der Waals surface area contributed by atoms with E-state index in [2.05, 4.69) is 135 Å². The molecule has 0 fully saturated rings. The molecule has 0 radical (unpaired) electrons. The van der Waals surface area contributed by atoms with E-state index in [1.54, 1.807) is 0 Å². The largest absolute Gasteiger partial charge is 0.472 e. The summed E-state index contributed by atoms with van der Waals surface area (Å²) in [6, 6.07) is 0. The summed E-state index contributed by atoms with van der Waals surface area (Å²) in [5.41, 5.74) is 0. The van der Waals surface area contributed by atoms with Crippen LogP contribution in [0.1, 0.15) is 322 Å². The summed E-state index contributed by atoms with van der Waals surface area (Å²) in [6.45, 7) is 4.33. The van der Waals surface area contributed by atoms with Crippen LogP contribution in [0.15, 0.2) is 122 Å². The summed E-state index contributed by atoms with van der Waals surface area (Å²) in [6.07, 6.45) is 100. The van der Waals surface area contributed by atoms with Crippen LogP contribution in [0.25, 0.3) is 0 Å². The Morgan fingerprint density at radius 2 is 0.633 bits per heavy atom. The zero-order valence-corrected chi connectivity index (χ0v) is 60.0. The van der Waals surface area contributed by atoms with E-state index in [0.29, 0.717) is 17.4 Å². The average Bonchev–Trinajstić information content (AvgIpc) is 3.61. The molecule has 2 atom stereocenters. The number of allylic oxidation sites excluding steroid dienone is 20. The number of unbranched alkanes of at least 4 members (excludes halogenated alkanes) is 34. The summed E-state index contributed by atoms with van der Waals surface area (Å²) >= 11 is 0. The third-order valence-electron chi connectivity index (χ3n) is 16.0. The number of hydrogen-bond donors (Lipinski definition) is 1. The molecular weight excluding hydrogens is 1130 g/mol. The molecule has 90 heavy (non-hydrogen) atoms. The Balaban J connectivity index is 4.04. The summed E-state index contributed by atoms with van der Waals surface area (Å²) in [5, 5.41) is 0. The molecule has 518 valence electrons. The van der Waals surface area contributed by atoms with Gasteiger partial charge in [-0.05, 0) is 109 Å². The molecule has 1 N–H and O–H groups in total. The molecule has 0 heterocycles. The van der Waals surface area contributed by atoms with Crippen LogP contribution in [0.2, 0.25) is 0 Å². The normalized spacial score (nSPS) is 13.8. The zero-order chi connectivity index (χ0) is 65.5. The molecule has 0 saturated carbocycles. The summed E-state index contributed by atoms with van der Waals surface area (Å²) in [4.78, 5) is 35.9. The van der Waals surface area contributed by atoms with Gasteiger partial charge in [-0.3, -0.25) is 18.6 Å². The lowest BCUT2D eigenvalue weighted by molar-refractivity contribution is -0.870. The number of rotatable bonds is 68. The average molecular weight is 1280 g/mol. The first-order valence-electron chi connectivity index (χ1n) is 37.3. The van der Waals surface area contributed by atoms with Gasteiger partial charge in [-0.15, -0.1) is 0 Å². The SMILES string of the molecule is CC/C=C\C/C=C\C/C=C\C/C=C\C/C=C\C/C=C\C/C=C\CCCCCCCCCCCCCCCC(=O)OC(COC(=O)CCCCCCCCCCCCCCCCCC/C=C\C/C=C\C/C=C\CCCCCCC)COP(=O)(O)OCC[N+](C)(C)C. The van der Waals surface area contributed by atoms with Crippen molar-refractivity contribution in [3.05, 3.63) is 122 Å². The fourth-order valence-corrected chi connectivity index (χ4v) is 11.0. The van der Waals surface area contributed by atoms with Crippen LogP contribution in [0.5, 0.6) is 0 Å². The number of esters is 2. The number of phosphoric acid groups is 1. The van der Waals surface area contributed by atoms with E-state index in [-0.39, 0.29) is 32.0 Å². The molecule has 0 rings (SSSR count). The van der Waals surface area contributed by atoms with Gasteiger partial charge < -0.3 is 18.9 Å². The van der Waals surface area contributed by atoms with Crippen LogP contribution < -0.4 is 0 Å². The number of likely N-dealkylation sites (N-methyl/N-ethyl adjacent to an activating group) is 1. The maximum Gasteiger partial charge on any atom is 0.472 e. The van der Waals surface area contributed by atoms with Crippen LogP contribution in [-0.2, 0) is 32.7 Å². The molecule has 9 nitrogen and oxygen atoms in total. The quantitative estimate of drug-likeness (QED) is 0.0211. The van der Waals surface area contributed by atoms with Crippen molar-refractivity contribution in [2.75, 3.05) is 47.5 Å². The summed E-state index contributed by atoms with van der Waals surface area (Å²) < 4.78 is 34.8. The number of phosphoric ester groups is 1. The fraction of sp³-hybridized carbons (Fsp3) is 0.725. The number of carbonyl (C=O) groups is 2. The third kappa shape index (κ3) is 73.5. The number of quaternary nitrogens is 1. The topological polar surface area (TPSA) is 108 Å². The van der Waals surface area contributed by atoms with Crippen LogP contribution in [0.4, 0.5) is 0 Å².